The molecule has 1 heterocycles. The average molecular weight is 491 g/mol. The minimum atomic E-state index is -4.83. The van der Waals surface area contributed by atoms with Crippen LogP contribution in [0.5, 0.6) is 5.75 Å². The molecule has 3 aromatic rings. The molecule has 0 saturated carbocycles. The second kappa shape index (κ2) is 9.89. The number of methoxy groups -OCH3 is 1. The summed E-state index contributed by atoms with van der Waals surface area (Å²) in [7, 11) is 1.54. The molecule has 0 aliphatic heterocycles. The van der Waals surface area contributed by atoms with Gasteiger partial charge in [-0.2, -0.15) is 13.2 Å². The maximum Gasteiger partial charge on any atom is 0.419 e. The number of aromatic amines is 1. The van der Waals surface area contributed by atoms with Crippen molar-refractivity contribution in [1.82, 2.24) is 15.3 Å². The molecule has 0 saturated heterocycles. The third kappa shape index (κ3) is 6.46. The van der Waals surface area contributed by atoms with Crippen LogP contribution in [0.2, 0.25) is 0 Å². The number of aromatic nitrogens is 2. The molecule has 2 N–H and O–H groups in total. The topological polar surface area (TPSA) is 84.1 Å². The van der Waals surface area contributed by atoms with Crippen molar-refractivity contribution in [2.75, 3.05) is 7.11 Å². The van der Waals surface area contributed by atoms with Crippen molar-refractivity contribution in [1.29, 1.82) is 0 Å². The highest BCUT2D eigenvalue weighted by atomic mass is 19.4. The first-order valence-electron chi connectivity index (χ1n) is 10.7. The second-order valence-corrected chi connectivity index (χ2v) is 9.11. The largest absolute Gasteiger partial charge is 0.497 e. The van der Waals surface area contributed by atoms with E-state index in [0.717, 1.165) is 23.8 Å². The van der Waals surface area contributed by atoms with Gasteiger partial charge in [0.2, 0.25) is 0 Å². The number of alkyl halides is 3. The Kier molecular flexibility index (Phi) is 7.33. The Labute approximate surface area is 199 Å². The lowest BCUT2D eigenvalue weighted by molar-refractivity contribution is -0.140. The number of amides is 1. The zero-order valence-corrected chi connectivity index (χ0v) is 19.6. The standard InChI is InChI=1S/C25H25F4N3O3/c1-24(2,3)22(15-7-10-17(18(26)12-15)25(27,28)29)32-23(34)19-13-21(33)31-20(30-19)11-14-5-8-16(35-4)9-6-14/h5-10,12-13,22H,11H2,1-4H3,(H,32,34)(H,30,31,33)/t22-/m0/s1. The van der Waals surface area contributed by atoms with Crippen LogP contribution in [0, 0.1) is 11.2 Å². The number of benzene rings is 2. The Morgan fingerprint density at radius 1 is 1.09 bits per heavy atom. The summed E-state index contributed by atoms with van der Waals surface area (Å²) in [5.74, 6) is -1.24. The van der Waals surface area contributed by atoms with Gasteiger partial charge in [0.15, 0.2) is 0 Å². The number of carbonyl (C=O) groups is 1. The van der Waals surface area contributed by atoms with Crippen LogP contribution < -0.4 is 15.6 Å². The van der Waals surface area contributed by atoms with E-state index in [0.29, 0.717) is 11.8 Å². The molecule has 2 aromatic carbocycles. The fourth-order valence-corrected chi connectivity index (χ4v) is 3.59. The van der Waals surface area contributed by atoms with Gasteiger partial charge in [-0.25, -0.2) is 9.37 Å². The maximum absolute atomic E-state index is 14.2. The molecule has 6 nitrogen and oxygen atoms in total. The van der Waals surface area contributed by atoms with Crippen molar-refractivity contribution >= 4 is 5.91 Å². The summed E-state index contributed by atoms with van der Waals surface area (Å²) in [6.45, 7) is 5.23. The zero-order valence-electron chi connectivity index (χ0n) is 19.6. The minimum absolute atomic E-state index is 0.152. The molecule has 0 spiro atoms. The van der Waals surface area contributed by atoms with E-state index in [9.17, 15) is 27.2 Å². The van der Waals surface area contributed by atoms with Gasteiger partial charge in [0.1, 0.15) is 23.1 Å². The Morgan fingerprint density at radius 2 is 1.74 bits per heavy atom. The predicted octanol–water partition coefficient (Wildman–Crippen LogP) is 5.04. The first-order valence-corrected chi connectivity index (χ1v) is 10.7. The number of rotatable bonds is 6. The van der Waals surface area contributed by atoms with E-state index >= 15 is 0 Å². The monoisotopic (exact) mass is 491 g/mol. The van der Waals surface area contributed by atoms with Gasteiger partial charge in [-0.1, -0.05) is 39.0 Å². The van der Waals surface area contributed by atoms with Gasteiger partial charge in [-0.3, -0.25) is 9.59 Å². The molecule has 0 radical (unpaired) electrons. The van der Waals surface area contributed by atoms with Crippen LogP contribution in [0.15, 0.2) is 53.3 Å². The maximum atomic E-state index is 14.2. The lowest BCUT2D eigenvalue weighted by atomic mass is 9.82. The van der Waals surface area contributed by atoms with E-state index in [1.807, 2.05) is 0 Å². The smallest absolute Gasteiger partial charge is 0.419 e. The van der Waals surface area contributed by atoms with Gasteiger partial charge < -0.3 is 15.0 Å². The summed E-state index contributed by atoms with van der Waals surface area (Å²) >= 11 is 0. The van der Waals surface area contributed by atoms with E-state index < -0.39 is 40.5 Å². The van der Waals surface area contributed by atoms with Crippen LogP contribution in [0.3, 0.4) is 0 Å². The van der Waals surface area contributed by atoms with E-state index in [4.69, 9.17) is 4.74 Å². The molecule has 0 unspecified atom stereocenters. The summed E-state index contributed by atoms with van der Waals surface area (Å²) in [6, 6.07) is 9.79. The Balaban J connectivity index is 1.88. The van der Waals surface area contributed by atoms with Crippen molar-refractivity contribution in [3.05, 3.63) is 92.9 Å². The van der Waals surface area contributed by atoms with Crippen molar-refractivity contribution < 1.29 is 27.1 Å². The molecule has 35 heavy (non-hydrogen) atoms. The van der Waals surface area contributed by atoms with Crippen molar-refractivity contribution in [3.63, 3.8) is 0 Å². The third-order valence-electron chi connectivity index (χ3n) is 5.33. The number of H-pyrrole nitrogens is 1. The van der Waals surface area contributed by atoms with Gasteiger partial charge in [-0.15, -0.1) is 0 Å². The Morgan fingerprint density at radius 3 is 2.29 bits per heavy atom. The van der Waals surface area contributed by atoms with Crippen molar-refractivity contribution in [2.45, 2.75) is 39.4 Å². The SMILES string of the molecule is COc1ccc(Cc2nc(C(=O)N[C@@H](c3ccc(C(F)(F)F)c(F)c3)C(C)(C)C)cc(=O)[nH]2)cc1. The van der Waals surface area contributed by atoms with Gasteiger partial charge in [0.25, 0.3) is 11.5 Å². The molecule has 10 heteroatoms. The zero-order chi connectivity index (χ0) is 26.0. The van der Waals surface area contributed by atoms with Gasteiger partial charge in [0.05, 0.1) is 18.7 Å². The van der Waals surface area contributed by atoms with E-state index in [2.05, 4.69) is 15.3 Å². The first kappa shape index (κ1) is 25.9. The van der Waals surface area contributed by atoms with Crippen LogP contribution in [-0.2, 0) is 12.6 Å². The van der Waals surface area contributed by atoms with Crippen LogP contribution >= 0.6 is 0 Å². The molecule has 3 rings (SSSR count). The number of nitrogens with one attached hydrogen (secondary N) is 2. The fraction of sp³-hybridized carbons (Fsp3) is 0.320. The van der Waals surface area contributed by atoms with Crippen LogP contribution in [-0.4, -0.2) is 23.0 Å². The highest BCUT2D eigenvalue weighted by Gasteiger charge is 2.36. The van der Waals surface area contributed by atoms with Gasteiger partial charge in [0, 0.05) is 12.5 Å². The minimum Gasteiger partial charge on any atom is -0.497 e. The Hall–Kier alpha value is -3.69. The highest BCUT2D eigenvalue weighted by Crippen LogP contribution is 2.37. The number of hydrogen-bond donors (Lipinski definition) is 2. The lowest BCUT2D eigenvalue weighted by Gasteiger charge is -2.32. The van der Waals surface area contributed by atoms with Crippen LogP contribution in [0.1, 0.15) is 59.8 Å². The molecule has 0 aliphatic rings. The van der Waals surface area contributed by atoms with Crippen molar-refractivity contribution in [2.24, 2.45) is 5.41 Å². The molecule has 1 aromatic heterocycles. The molecule has 1 atom stereocenters. The molecule has 0 aliphatic carbocycles. The van der Waals surface area contributed by atoms with Crippen LogP contribution in [0.4, 0.5) is 17.6 Å². The fourth-order valence-electron chi connectivity index (χ4n) is 3.59. The van der Waals surface area contributed by atoms with Gasteiger partial charge >= 0.3 is 6.18 Å². The molecule has 1 amide bonds. The van der Waals surface area contributed by atoms with Crippen LogP contribution in [0.25, 0.3) is 0 Å². The normalized spacial score (nSPS) is 12.8. The Bertz CT molecular complexity index is 1260. The van der Waals surface area contributed by atoms with E-state index in [1.165, 1.54) is 0 Å². The molecule has 186 valence electrons. The summed E-state index contributed by atoms with van der Waals surface area (Å²) in [6.07, 6.45) is -4.59. The number of hydrogen-bond acceptors (Lipinski definition) is 4. The van der Waals surface area contributed by atoms with Gasteiger partial charge in [-0.05, 0) is 40.8 Å². The second-order valence-electron chi connectivity index (χ2n) is 9.11. The number of ether oxygens (including phenoxy) is 1. The summed E-state index contributed by atoms with van der Waals surface area (Å²) < 4.78 is 58.2. The quantitative estimate of drug-likeness (QED) is 0.473. The lowest BCUT2D eigenvalue weighted by Crippen LogP contribution is -2.37. The molecular formula is C25H25F4N3O3. The number of nitrogens with zero attached hydrogens (tertiary/aromatic N) is 1. The highest BCUT2D eigenvalue weighted by molar-refractivity contribution is 5.92. The third-order valence-corrected chi connectivity index (χ3v) is 5.33. The summed E-state index contributed by atoms with van der Waals surface area (Å²) in [4.78, 5) is 32.0. The average Bonchev–Trinajstić information content (AvgIpc) is 2.75. The van der Waals surface area contributed by atoms with E-state index in [1.54, 1.807) is 52.1 Å². The summed E-state index contributed by atoms with van der Waals surface area (Å²) in [5, 5.41) is 2.69. The number of carbonyl (C=O) groups excluding carboxylic acids is 1. The predicted molar refractivity (Wildman–Crippen MR) is 122 cm³/mol. The van der Waals surface area contributed by atoms with Crippen molar-refractivity contribution in [3.8, 4) is 5.75 Å². The summed E-state index contributed by atoms with van der Waals surface area (Å²) in [5.41, 5.74) is -1.83. The van der Waals surface area contributed by atoms with E-state index in [-0.39, 0.29) is 23.5 Å². The number of halogens is 4. The molecule has 0 bridgehead atoms. The molecular weight excluding hydrogens is 466 g/mol. The molecule has 0 fully saturated rings. The first-order chi connectivity index (χ1) is 16.3.